The van der Waals surface area contributed by atoms with E-state index in [1.165, 1.54) is 0 Å². The molecule has 0 aliphatic rings. The number of nitrogens with one attached hydrogen (secondary N) is 1. The normalized spacial score (nSPS) is 11.4. The van der Waals surface area contributed by atoms with E-state index >= 15 is 0 Å². The highest BCUT2D eigenvalue weighted by Crippen LogP contribution is 2.36. The van der Waals surface area contributed by atoms with Crippen LogP contribution in [0, 0.1) is 5.82 Å². The van der Waals surface area contributed by atoms with Gasteiger partial charge in [0.1, 0.15) is 17.3 Å². The van der Waals surface area contributed by atoms with Crippen LogP contribution in [-0.2, 0) is 10.9 Å². The van der Waals surface area contributed by atoms with Crippen molar-refractivity contribution >= 4 is 5.97 Å². The molecule has 20 heavy (non-hydrogen) atoms. The minimum atomic E-state index is -4.74. The van der Waals surface area contributed by atoms with Crippen molar-refractivity contribution in [2.75, 3.05) is 7.11 Å². The first kappa shape index (κ1) is 14.0. The highest BCUT2D eigenvalue weighted by molar-refractivity contribution is 5.87. The number of hydrogen-bond donors (Lipinski definition) is 1. The van der Waals surface area contributed by atoms with Crippen molar-refractivity contribution in [3.63, 3.8) is 0 Å². The van der Waals surface area contributed by atoms with Gasteiger partial charge in [-0.05, 0) is 18.2 Å². The summed E-state index contributed by atoms with van der Waals surface area (Å²) in [5.74, 6) is -1.97. The molecule has 2 rings (SSSR count). The van der Waals surface area contributed by atoms with Crippen molar-refractivity contribution in [3.05, 3.63) is 41.5 Å². The fourth-order valence-corrected chi connectivity index (χ4v) is 1.63. The third-order valence-corrected chi connectivity index (χ3v) is 2.52. The molecule has 0 bridgehead atoms. The third kappa shape index (κ3) is 2.63. The maximum absolute atomic E-state index is 13.0. The molecule has 106 valence electrons. The number of aromatic amines is 1. The van der Waals surface area contributed by atoms with Crippen LogP contribution in [0.3, 0.4) is 0 Å². The molecule has 1 heterocycles. The summed E-state index contributed by atoms with van der Waals surface area (Å²) in [6, 6.07) is 2.19. The highest BCUT2D eigenvalue weighted by atomic mass is 19.4. The van der Waals surface area contributed by atoms with Gasteiger partial charge in [-0.2, -0.15) is 13.2 Å². The second-order valence-electron chi connectivity index (χ2n) is 3.82. The second-order valence-corrected chi connectivity index (χ2v) is 3.82. The fourth-order valence-electron chi connectivity index (χ4n) is 1.63. The Balaban J connectivity index is 2.53. The summed E-state index contributed by atoms with van der Waals surface area (Å²) < 4.78 is 55.9. The number of carbonyl (C=O) groups excluding carboxylic acids is 1. The van der Waals surface area contributed by atoms with Gasteiger partial charge in [0.2, 0.25) is 0 Å². The molecule has 1 aromatic heterocycles. The van der Waals surface area contributed by atoms with Gasteiger partial charge in [-0.1, -0.05) is 0 Å². The molecule has 0 aliphatic carbocycles. The van der Waals surface area contributed by atoms with E-state index in [0.717, 1.165) is 25.4 Å². The first-order chi connectivity index (χ1) is 9.32. The number of hydrogen-bond acceptors (Lipinski definition) is 3. The van der Waals surface area contributed by atoms with Gasteiger partial charge >= 0.3 is 12.1 Å². The van der Waals surface area contributed by atoms with E-state index in [1.54, 1.807) is 0 Å². The van der Waals surface area contributed by atoms with Gasteiger partial charge in [-0.25, -0.2) is 14.2 Å². The summed E-state index contributed by atoms with van der Waals surface area (Å²) in [6.45, 7) is 0. The Kier molecular flexibility index (Phi) is 3.47. The van der Waals surface area contributed by atoms with E-state index in [9.17, 15) is 22.4 Å². The Bertz CT molecular complexity index is 649. The van der Waals surface area contributed by atoms with E-state index in [2.05, 4.69) is 14.7 Å². The van der Waals surface area contributed by atoms with E-state index in [0.29, 0.717) is 6.07 Å². The van der Waals surface area contributed by atoms with Crippen molar-refractivity contribution in [1.82, 2.24) is 9.97 Å². The lowest BCUT2D eigenvalue weighted by atomic mass is 10.1. The molecular weight excluding hydrogens is 280 g/mol. The molecule has 0 unspecified atom stereocenters. The molecule has 2 aromatic rings. The minimum Gasteiger partial charge on any atom is -0.464 e. The Hall–Kier alpha value is -2.38. The van der Waals surface area contributed by atoms with Gasteiger partial charge in [-0.15, -0.1) is 0 Å². The summed E-state index contributed by atoms with van der Waals surface area (Å²) in [6.07, 6.45) is -3.69. The van der Waals surface area contributed by atoms with E-state index < -0.39 is 23.5 Å². The third-order valence-electron chi connectivity index (χ3n) is 2.52. The molecule has 0 radical (unpaired) electrons. The second kappa shape index (κ2) is 4.95. The number of H-pyrrole nitrogens is 1. The number of rotatable bonds is 2. The van der Waals surface area contributed by atoms with Crippen molar-refractivity contribution in [3.8, 4) is 11.4 Å². The van der Waals surface area contributed by atoms with Crippen LogP contribution >= 0.6 is 0 Å². The Morgan fingerprint density at radius 3 is 2.65 bits per heavy atom. The number of nitrogens with zero attached hydrogens (tertiary/aromatic N) is 1. The Labute approximate surface area is 110 Å². The number of esters is 1. The molecule has 0 saturated carbocycles. The summed E-state index contributed by atoms with van der Waals surface area (Å²) in [7, 11) is 1.13. The molecule has 0 amide bonds. The van der Waals surface area contributed by atoms with Crippen molar-refractivity contribution in [2.45, 2.75) is 6.18 Å². The number of aromatic nitrogens is 2. The topological polar surface area (TPSA) is 55.0 Å². The molecule has 4 nitrogen and oxygen atoms in total. The van der Waals surface area contributed by atoms with Crippen LogP contribution in [0.1, 0.15) is 16.1 Å². The maximum atomic E-state index is 13.0. The lowest BCUT2D eigenvalue weighted by molar-refractivity contribution is -0.137. The monoisotopic (exact) mass is 288 g/mol. The average Bonchev–Trinajstić information content (AvgIpc) is 2.86. The summed E-state index contributed by atoms with van der Waals surface area (Å²) in [5.41, 5.74) is -1.63. The van der Waals surface area contributed by atoms with Gasteiger partial charge in [-0.3, -0.25) is 0 Å². The molecule has 0 fully saturated rings. The zero-order valence-corrected chi connectivity index (χ0v) is 10.1. The zero-order chi connectivity index (χ0) is 14.9. The van der Waals surface area contributed by atoms with Crippen LogP contribution in [0.2, 0.25) is 0 Å². The van der Waals surface area contributed by atoms with Crippen LogP contribution in [0.5, 0.6) is 0 Å². The first-order valence-corrected chi connectivity index (χ1v) is 5.33. The largest absolute Gasteiger partial charge is 0.464 e. The standard InChI is InChI=1S/C12H8F4N2O2/c1-20-11(19)9-5-17-10(18-9)7-3-2-6(13)4-8(7)12(14,15)16/h2-5H,1H3,(H,17,18). The molecule has 1 aromatic carbocycles. The number of methoxy groups -OCH3 is 1. The molecule has 1 N–H and O–H groups in total. The molecule has 0 spiro atoms. The van der Waals surface area contributed by atoms with Crippen molar-refractivity contribution < 1.29 is 27.1 Å². The lowest BCUT2D eigenvalue weighted by Gasteiger charge is -2.11. The molecule has 0 atom stereocenters. The smallest absolute Gasteiger partial charge is 0.417 e. The Morgan fingerprint density at radius 1 is 1.35 bits per heavy atom. The zero-order valence-electron chi connectivity index (χ0n) is 10.1. The minimum absolute atomic E-state index is 0.0973. The number of alkyl halides is 3. The molecule has 0 aliphatic heterocycles. The quantitative estimate of drug-likeness (QED) is 0.682. The summed E-state index contributed by atoms with van der Waals surface area (Å²) in [5, 5.41) is 0. The highest BCUT2D eigenvalue weighted by Gasteiger charge is 2.35. The molecule has 8 heteroatoms. The van der Waals surface area contributed by atoms with E-state index in [4.69, 9.17) is 0 Å². The van der Waals surface area contributed by atoms with Crippen molar-refractivity contribution in [2.24, 2.45) is 0 Å². The number of ether oxygens (including phenoxy) is 1. The number of imidazole rings is 1. The molecular formula is C12H8F4N2O2. The predicted molar refractivity (Wildman–Crippen MR) is 60.3 cm³/mol. The van der Waals surface area contributed by atoms with Gasteiger partial charge in [0.25, 0.3) is 0 Å². The number of halogens is 4. The first-order valence-electron chi connectivity index (χ1n) is 5.33. The van der Waals surface area contributed by atoms with E-state index in [1.807, 2.05) is 0 Å². The van der Waals surface area contributed by atoms with Gasteiger partial charge in [0, 0.05) is 5.56 Å². The predicted octanol–water partition coefficient (Wildman–Crippen LogP) is 3.02. The average molecular weight is 288 g/mol. The van der Waals surface area contributed by atoms with Gasteiger partial charge in [0.05, 0.1) is 18.9 Å². The van der Waals surface area contributed by atoms with Gasteiger partial charge in [0.15, 0.2) is 0 Å². The SMILES string of the molecule is COC(=O)c1cnc(-c2ccc(F)cc2C(F)(F)F)[nH]1. The van der Waals surface area contributed by atoms with Crippen LogP contribution in [0.4, 0.5) is 17.6 Å². The van der Waals surface area contributed by atoms with Crippen molar-refractivity contribution in [1.29, 1.82) is 0 Å². The van der Waals surface area contributed by atoms with Crippen LogP contribution in [0.15, 0.2) is 24.4 Å². The number of benzene rings is 1. The van der Waals surface area contributed by atoms with Crippen LogP contribution in [-0.4, -0.2) is 23.0 Å². The lowest BCUT2D eigenvalue weighted by Crippen LogP contribution is -2.08. The van der Waals surface area contributed by atoms with Crippen LogP contribution < -0.4 is 0 Å². The summed E-state index contributed by atoms with van der Waals surface area (Å²) >= 11 is 0. The van der Waals surface area contributed by atoms with E-state index in [-0.39, 0.29) is 17.1 Å². The van der Waals surface area contributed by atoms with Crippen LogP contribution in [0.25, 0.3) is 11.4 Å². The molecule has 0 saturated heterocycles. The maximum Gasteiger partial charge on any atom is 0.417 e. The summed E-state index contributed by atoms with van der Waals surface area (Å²) in [4.78, 5) is 17.3. The fraction of sp³-hybridized carbons (Fsp3) is 0.167. The number of carbonyl (C=O) groups is 1. The van der Waals surface area contributed by atoms with Gasteiger partial charge < -0.3 is 9.72 Å². The Morgan fingerprint density at radius 2 is 2.05 bits per heavy atom.